The highest BCUT2D eigenvalue weighted by Crippen LogP contribution is 2.25. The van der Waals surface area contributed by atoms with E-state index in [1.54, 1.807) is 6.07 Å². The minimum Gasteiger partial charge on any atom is -0.489 e. The van der Waals surface area contributed by atoms with Crippen molar-refractivity contribution in [3.63, 3.8) is 0 Å². The molecule has 0 amide bonds. The third kappa shape index (κ3) is 4.65. The van der Waals surface area contributed by atoms with Crippen LogP contribution in [0.25, 0.3) is 6.08 Å². The molecule has 0 atom stereocenters. The van der Waals surface area contributed by atoms with Crippen molar-refractivity contribution in [1.82, 2.24) is 0 Å². The van der Waals surface area contributed by atoms with Crippen molar-refractivity contribution in [3.05, 3.63) is 68.7 Å². The first-order valence-corrected chi connectivity index (χ1v) is 8.42. The van der Waals surface area contributed by atoms with Crippen LogP contribution in [0.3, 0.4) is 0 Å². The van der Waals surface area contributed by atoms with Crippen LogP contribution in [-0.4, -0.2) is 13.1 Å². The van der Waals surface area contributed by atoms with E-state index in [9.17, 15) is 4.79 Å². The Morgan fingerprint density at radius 2 is 1.88 bits per heavy atom. The molecule has 2 aromatic rings. The smallest absolute Gasteiger partial charge is 0.348 e. The van der Waals surface area contributed by atoms with Gasteiger partial charge in [0.2, 0.25) is 0 Å². The second-order valence-electron chi connectivity index (χ2n) is 6.00. The average Bonchev–Trinajstić information content (AvgIpc) is 2.60. The molecule has 0 bridgehead atoms. The molecule has 4 nitrogen and oxygen atoms in total. The van der Waals surface area contributed by atoms with Gasteiger partial charge in [-0.25, -0.2) is 4.79 Å². The number of carbonyl (C=O) groups excluding carboxylic acids is 1. The van der Waals surface area contributed by atoms with Gasteiger partial charge in [-0.1, -0.05) is 17.7 Å². The summed E-state index contributed by atoms with van der Waals surface area (Å²) in [6.07, 6.45) is 1.54. The number of methoxy groups -OCH3 is 1. The van der Waals surface area contributed by atoms with Crippen molar-refractivity contribution in [2.45, 2.75) is 27.4 Å². The summed E-state index contributed by atoms with van der Waals surface area (Å²) >= 11 is 5.97. The molecule has 0 spiro atoms. The SMILES string of the molecule is COC(=O)C(C#N)=Cc1cc(COc2ccc(Cl)cc2C)c(C)cc1C. The fourth-order valence-electron chi connectivity index (χ4n) is 2.56. The lowest BCUT2D eigenvalue weighted by Gasteiger charge is -2.13. The van der Waals surface area contributed by atoms with Crippen LogP contribution in [-0.2, 0) is 16.1 Å². The van der Waals surface area contributed by atoms with Crippen LogP contribution in [0.2, 0.25) is 5.02 Å². The van der Waals surface area contributed by atoms with Crippen LogP contribution in [0, 0.1) is 32.1 Å². The lowest BCUT2D eigenvalue weighted by Crippen LogP contribution is -2.04. The summed E-state index contributed by atoms with van der Waals surface area (Å²) in [5, 5.41) is 9.82. The predicted molar refractivity (Wildman–Crippen MR) is 102 cm³/mol. The fourth-order valence-corrected chi connectivity index (χ4v) is 2.79. The highest BCUT2D eigenvalue weighted by Gasteiger charge is 2.11. The number of hydrogen-bond donors (Lipinski definition) is 0. The Bertz CT molecular complexity index is 910. The molecule has 0 fully saturated rings. The first-order chi connectivity index (χ1) is 12.3. The van der Waals surface area contributed by atoms with Crippen LogP contribution < -0.4 is 4.74 Å². The van der Waals surface area contributed by atoms with E-state index in [4.69, 9.17) is 21.6 Å². The normalized spacial score (nSPS) is 11.0. The number of aryl methyl sites for hydroxylation is 3. The van der Waals surface area contributed by atoms with Crippen LogP contribution in [0.4, 0.5) is 0 Å². The lowest BCUT2D eigenvalue weighted by atomic mass is 9.98. The van der Waals surface area contributed by atoms with Gasteiger partial charge >= 0.3 is 5.97 Å². The average molecular weight is 370 g/mol. The van der Waals surface area contributed by atoms with Gasteiger partial charge in [-0.15, -0.1) is 0 Å². The van der Waals surface area contributed by atoms with Crippen LogP contribution >= 0.6 is 11.6 Å². The Labute approximate surface area is 158 Å². The summed E-state index contributed by atoms with van der Waals surface area (Å²) in [5.74, 6) is 0.112. The van der Waals surface area contributed by atoms with E-state index in [0.29, 0.717) is 11.6 Å². The lowest BCUT2D eigenvalue weighted by molar-refractivity contribution is -0.135. The Morgan fingerprint density at radius 3 is 2.50 bits per heavy atom. The topological polar surface area (TPSA) is 59.3 Å². The first kappa shape index (κ1) is 19.6. The van der Waals surface area contributed by atoms with Gasteiger partial charge < -0.3 is 9.47 Å². The number of hydrogen-bond acceptors (Lipinski definition) is 4. The number of carbonyl (C=O) groups is 1. The maximum atomic E-state index is 11.6. The van der Waals surface area contributed by atoms with E-state index in [1.807, 2.05) is 51.1 Å². The molecule has 134 valence electrons. The molecular weight excluding hydrogens is 350 g/mol. The molecule has 0 aliphatic heterocycles. The van der Waals surface area contributed by atoms with Gasteiger partial charge in [0.1, 0.15) is 24.0 Å². The summed E-state index contributed by atoms with van der Waals surface area (Å²) in [5.41, 5.74) is 4.70. The third-order valence-corrected chi connectivity index (χ3v) is 4.31. The number of nitrogens with zero attached hydrogens (tertiary/aromatic N) is 1. The van der Waals surface area contributed by atoms with Crippen LogP contribution in [0.5, 0.6) is 5.75 Å². The zero-order valence-electron chi connectivity index (χ0n) is 15.2. The Kier molecular flexibility index (Phi) is 6.43. The monoisotopic (exact) mass is 369 g/mol. The number of rotatable bonds is 5. The standard InChI is InChI=1S/C21H20ClNO3/c1-13-7-14(2)18(10-16(13)9-17(11-23)21(24)25-4)12-26-20-6-5-19(22)8-15(20)3/h5-10H,12H2,1-4H3. The third-order valence-electron chi connectivity index (χ3n) is 4.07. The Hall–Kier alpha value is -2.77. The summed E-state index contributed by atoms with van der Waals surface area (Å²) < 4.78 is 10.5. The summed E-state index contributed by atoms with van der Waals surface area (Å²) in [6, 6.07) is 11.3. The van der Waals surface area contributed by atoms with E-state index in [2.05, 4.69) is 4.74 Å². The molecular formula is C21H20ClNO3. The van der Waals surface area contributed by atoms with Crippen LogP contribution in [0.15, 0.2) is 35.9 Å². The molecule has 0 heterocycles. The van der Waals surface area contributed by atoms with Gasteiger partial charge in [0.05, 0.1) is 7.11 Å². The minimum atomic E-state index is -0.651. The molecule has 0 radical (unpaired) electrons. The molecule has 0 saturated carbocycles. The molecule has 5 heteroatoms. The van der Waals surface area contributed by atoms with E-state index in [-0.39, 0.29) is 5.57 Å². The summed E-state index contributed by atoms with van der Waals surface area (Å²) in [6.45, 7) is 6.24. The van der Waals surface area contributed by atoms with E-state index < -0.39 is 5.97 Å². The minimum absolute atomic E-state index is 0.0418. The molecule has 0 aliphatic rings. The van der Waals surface area contributed by atoms with E-state index >= 15 is 0 Å². The Morgan fingerprint density at radius 1 is 1.15 bits per heavy atom. The number of nitriles is 1. The van der Waals surface area contributed by atoms with E-state index in [1.165, 1.54) is 13.2 Å². The van der Waals surface area contributed by atoms with Crippen LogP contribution in [0.1, 0.15) is 27.8 Å². The highest BCUT2D eigenvalue weighted by atomic mass is 35.5. The largest absolute Gasteiger partial charge is 0.489 e. The Balaban J connectivity index is 2.31. The molecule has 0 N–H and O–H groups in total. The summed E-state index contributed by atoms with van der Waals surface area (Å²) in [4.78, 5) is 11.6. The highest BCUT2D eigenvalue weighted by molar-refractivity contribution is 6.30. The molecule has 2 aromatic carbocycles. The number of ether oxygens (including phenoxy) is 2. The fraction of sp³-hybridized carbons (Fsp3) is 0.238. The molecule has 26 heavy (non-hydrogen) atoms. The number of esters is 1. The molecule has 0 aromatic heterocycles. The maximum Gasteiger partial charge on any atom is 0.348 e. The van der Waals surface area contributed by atoms with Gasteiger partial charge in [-0.3, -0.25) is 0 Å². The molecule has 2 rings (SSSR count). The van der Waals surface area contributed by atoms with Gasteiger partial charge in [-0.2, -0.15) is 5.26 Å². The van der Waals surface area contributed by atoms with Crippen molar-refractivity contribution >= 4 is 23.6 Å². The van der Waals surface area contributed by atoms with Crippen molar-refractivity contribution in [1.29, 1.82) is 5.26 Å². The number of benzene rings is 2. The zero-order valence-corrected chi connectivity index (χ0v) is 16.0. The van der Waals surface area contributed by atoms with Gasteiger partial charge in [0.15, 0.2) is 0 Å². The zero-order chi connectivity index (χ0) is 19.3. The first-order valence-electron chi connectivity index (χ1n) is 8.05. The van der Waals surface area contributed by atoms with Crippen molar-refractivity contribution in [2.75, 3.05) is 7.11 Å². The van der Waals surface area contributed by atoms with E-state index in [0.717, 1.165) is 33.6 Å². The van der Waals surface area contributed by atoms with Crippen molar-refractivity contribution < 1.29 is 14.3 Å². The van der Waals surface area contributed by atoms with Gasteiger partial charge in [-0.05, 0) is 78.9 Å². The predicted octanol–water partition coefficient (Wildman–Crippen LogP) is 4.92. The molecule has 0 saturated heterocycles. The number of halogens is 1. The maximum absolute atomic E-state index is 11.6. The second-order valence-corrected chi connectivity index (χ2v) is 6.43. The van der Waals surface area contributed by atoms with Gasteiger partial charge in [0, 0.05) is 5.02 Å². The molecule has 0 aliphatic carbocycles. The van der Waals surface area contributed by atoms with Crippen molar-refractivity contribution in [2.24, 2.45) is 0 Å². The second kappa shape index (κ2) is 8.55. The van der Waals surface area contributed by atoms with Crippen molar-refractivity contribution in [3.8, 4) is 11.8 Å². The molecule has 0 unspecified atom stereocenters. The summed E-state index contributed by atoms with van der Waals surface area (Å²) in [7, 11) is 1.25. The quantitative estimate of drug-likeness (QED) is 0.426. The van der Waals surface area contributed by atoms with Gasteiger partial charge in [0.25, 0.3) is 0 Å².